The predicted molar refractivity (Wildman–Crippen MR) is 148 cm³/mol. The number of benzene rings is 2. The van der Waals surface area contributed by atoms with Gasteiger partial charge in [0.05, 0.1) is 19.1 Å². The van der Waals surface area contributed by atoms with Gasteiger partial charge in [-0.15, -0.1) is 0 Å². The largest absolute Gasteiger partial charge is 0.497 e. The summed E-state index contributed by atoms with van der Waals surface area (Å²) >= 11 is 0. The lowest BCUT2D eigenvalue weighted by Gasteiger charge is -2.31. The number of nitrogens with zero attached hydrogens (tertiary/aromatic N) is 2. The Morgan fingerprint density at radius 2 is 1.70 bits per heavy atom. The molecule has 0 bridgehead atoms. The predicted octanol–water partition coefficient (Wildman–Crippen LogP) is 4.13. The molecular formula is C28H41N3O5S. The number of ether oxygens (including phenoxy) is 1. The van der Waals surface area contributed by atoms with Crippen LogP contribution in [-0.2, 0) is 26.2 Å². The Bertz CT molecular complexity index is 1130. The number of amides is 2. The van der Waals surface area contributed by atoms with Crippen LogP contribution in [0.25, 0.3) is 0 Å². The average Bonchev–Trinajstić information content (AvgIpc) is 2.85. The van der Waals surface area contributed by atoms with Gasteiger partial charge in [-0.2, -0.15) is 0 Å². The molecule has 0 saturated carbocycles. The second kappa shape index (κ2) is 14.0. The molecule has 0 fully saturated rings. The first kappa shape index (κ1) is 30.2. The van der Waals surface area contributed by atoms with E-state index in [4.69, 9.17) is 4.74 Å². The summed E-state index contributed by atoms with van der Waals surface area (Å²) in [6, 6.07) is 13.9. The van der Waals surface area contributed by atoms with E-state index in [1.165, 1.54) is 4.31 Å². The van der Waals surface area contributed by atoms with Crippen molar-refractivity contribution in [2.45, 2.75) is 59.5 Å². The molecule has 1 unspecified atom stereocenters. The zero-order chi connectivity index (χ0) is 27.6. The number of hydrogen-bond donors (Lipinski definition) is 1. The SMILES string of the molecule is CCC(C(=O)NCC(C)C)N(Cc1ccccc1C)C(=O)CCCN(c1ccc(OC)cc1)S(C)(=O)=O. The number of nitrogens with one attached hydrogen (secondary N) is 1. The minimum Gasteiger partial charge on any atom is -0.497 e. The van der Waals surface area contributed by atoms with Crippen LogP contribution in [0.1, 0.15) is 51.2 Å². The van der Waals surface area contributed by atoms with Crippen LogP contribution in [0.2, 0.25) is 0 Å². The van der Waals surface area contributed by atoms with Crippen LogP contribution in [0.15, 0.2) is 48.5 Å². The highest BCUT2D eigenvalue weighted by Gasteiger charge is 2.29. The molecular weight excluding hydrogens is 490 g/mol. The minimum atomic E-state index is -3.56. The molecule has 1 atom stereocenters. The lowest BCUT2D eigenvalue weighted by atomic mass is 10.0. The Morgan fingerprint density at radius 3 is 2.24 bits per heavy atom. The first-order valence-electron chi connectivity index (χ1n) is 12.7. The molecule has 0 aliphatic heterocycles. The Hall–Kier alpha value is -3.07. The van der Waals surface area contributed by atoms with Gasteiger partial charge in [0, 0.05) is 26.1 Å². The van der Waals surface area contributed by atoms with Gasteiger partial charge in [-0.25, -0.2) is 8.42 Å². The van der Waals surface area contributed by atoms with Crippen LogP contribution in [0.4, 0.5) is 5.69 Å². The summed E-state index contributed by atoms with van der Waals surface area (Å²) in [5.41, 5.74) is 2.52. The summed E-state index contributed by atoms with van der Waals surface area (Å²) in [5, 5.41) is 2.96. The van der Waals surface area contributed by atoms with Crippen LogP contribution < -0.4 is 14.4 Å². The number of methoxy groups -OCH3 is 1. The molecule has 2 amide bonds. The lowest BCUT2D eigenvalue weighted by Crippen LogP contribution is -2.49. The van der Waals surface area contributed by atoms with E-state index in [9.17, 15) is 18.0 Å². The van der Waals surface area contributed by atoms with Crippen LogP contribution in [-0.4, -0.2) is 57.6 Å². The molecule has 9 heteroatoms. The van der Waals surface area contributed by atoms with Crippen molar-refractivity contribution in [2.24, 2.45) is 5.92 Å². The van der Waals surface area contributed by atoms with E-state index in [0.717, 1.165) is 17.4 Å². The zero-order valence-electron chi connectivity index (χ0n) is 22.9. The van der Waals surface area contributed by atoms with Crippen molar-refractivity contribution in [3.8, 4) is 5.75 Å². The fourth-order valence-electron chi connectivity index (χ4n) is 4.07. The third-order valence-corrected chi connectivity index (χ3v) is 7.38. The number of carbonyl (C=O) groups excluding carboxylic acids is 2. The molecule has 0 saturated heterocycles. The summed E-state index contributed by atoms with van der Waals surface area (Å²) < 4.78 is 31.4. The number of anilines is 1. The molecule has 2 rings (SSSR count). The Labute approximate surface area is 222 Å². The number of sulfonamides is 1. The maximum Gasteiger partial charge on any atom is 0.242 e. The van der Waals surface area contributed by atoms with Crippen LogP contribution in [0, 0.1) is 12.8 Å². The Balaban J connectivity index is 2.21. The standard InChI is InChI=1S/C28H41N3O5S/c1-7-26(28(33)29-19-21(2)3)30(20-23-12-9-8-11-22(23)4)27(32)13-10-18-31(37(6,34)35)24-14-16-25(36-5)17-15-24/h8-9,11-12,14-17,21,26H,7,10,13,18-20H2,1-6H3,(H,29,33). The molecule has 1 N–H and O–H groups in total. The number of aryl methyl sites for hydroxylation is 1. The first-order chi connectivity index (χ1) is 17.5. The Morgan fingerprint density at radius 1 is 1.05 bits per heavy atom. The fraction of sp³-hybridized carbons (Fsp3) is 0.500. The van der Waals surface area contributed by atoms with Gasteiger partial charge in [-0.05, 0) is 61.1 Å². The van der Waals surface area contributed by atoms with Crippen molar-refractivity contribution in [1.29, 1.82) is 0 Å². The van der Waals surface area contributed by atoms with Crippen molar-refractivity contribution in [3.63, 3.8) is 0 Å². The van der Waals surface area contributed by atoms with E-state index in [1.807, 2.05) is 52.0 Å². The molecule has 0 radical (unpaired) electrons. The van der Waals surface area contributed by atoms with Crippen molar-refractivity contribution >= 4 is 27.5 Å². The highest BCUT2D eigenvalue weighted by molar-refractivity contribution is 7.92. The maximum absolute atomic E-state index is 13.5. The van der Waals surface area contributed by atoms with Crippen molar-refractivity contribution in [3.05, 3.63) is 59.7 Å². The molecule has 0 aliphatic rings. The summed E-state index contributed by atoms with van der Waals surface area (Å²) in [4.78, 5) is 28.2. The normalized spacial score (nSPS) is 12.2. The smallest absolute Gasteiger partial charge is 0.242 e. The molecule has 0 heterocycles. The van der Waals surface area contributed by atoms with E-state index < -0.39 is 16.1 Å². The highest BCUT2D eigenvalue weighted by Crippen LogP contribution is 2.23. The van der Waals surface area contributed by atoms with Crippen molar-refractivity contribution < 1.29 is 22.7 Å². The number of carbonyl (C=O) groups is 2. The lowest BCUT2D eigenvalue weighted by molar-refractivity contribution is -0.141. The number of hydrogen-bond acceptors (Lipinski definition) is 5. The van der Waals surface area contributed by atoms with Gasteiger partial charge < -0.3 is 15.0 Å². The molecule has 0 aromatic heterocycles. The van der Waals surface area contributed by atoms with Gasteiger partial charge >= 0.3 is 0 Å². The average molecular weight is 532 g/mol. The van der Waals surface area contributed by atoms with E-state index >= 15 is 0 Å². The van der Waals surface area contributed by atoms with E-state index in [1.54, 1.807) is 36.3 Å². The second-order valence-corrected chi connectivity index (χ2v) is 11.6. The molecule has 0 spiro atoms. The molecule has 8 nitrogen and oxygen atoms in total. The summed E-state index contributed by atoms with van der Waals surface area (Å²) in [6.07, 6.45) is 2.05. The summed E-state index contributed by atoms with van der Waals surface area (Å²) in [5.74, 6) is 0.564. The van der Waals surface area contributed by atoms with Crippen molar-refractivity contribution in [1.82, 2.24) is 10.2 Å². The van der Waals surface area contributed by atoms with Gasteiger partial charge in [-0.3, -0.25) is 13.9 Å². The third-order valence-electron chi connectivity index (χ3n) is 6.18. The summed E-state index contributed by atoms with van der Waals surface area (Å²) in [6.45, 7) is 8.91. The Kier molecular flexibility index (Phi) is 11.4. The van der Waals surface area contributed by atoms with Crippen LogP contribution >= 0.6 is 0 Å². The third kappa shape index (κ3) is 9.07. The maximum atomic E-state index is 13.5. The molecule has 204 valence electrons. The van der Waals surface area contributed by atoms with Crippen LogP contribution in [0.5, 0.6) is 5.75 Å². The van der Waals surface area contributed by atoms with Gasteiger partial charge in [-0.1, -0.05) is 45.0 Å². The number of rotatable bonds is 14. The molecule has 2 aromatic carbocycles. The van der Waals surface area contributed by atoms with Gasteiger partial charge in [0.1, 0.15) is 11.8 Å². The molecule has 37 heavy (non-hydrogen) atoms. The van der Waals surface area contributed by atoms with E-state index in [0.29, 0.717) is 43.3 Å². The monoisotopic (exact) mass is 531 g/mol. The second-order valence-electron chi connectivity index (χ2n) is 9.65. The van der Waals surface area contributed by atoms with E-state index in [-0.39, 0.29) is 24.8 Å². The quantitative estimate of drug-likeness (QED) is 0.396. The topological polar surface area (TPSA) is 96.0 Å². The van der Waals surface area contributed by atoms with E-state index in [2.05, 4.69) is 5.32 Å². The fourth-order valence-corrected chi connectivity index (χ4v) is 5.03. The first-order valence-corrected chi connectivity index (χ1v) is 14.6. The van der Waals surface area contributed by atoms with Gasteiger partial charge in [0.25, 0.3) is 0 Å². The van der Waals surface area contributed by atoms with Gasteiger partial charge in [0.15, 0.2) is 0 Å². The zero-order valence-corrected chi connectivity index (χ0v) is 23.7. The van der Waals surface area contributed by atoms with Crippen molar-refractivity contribution in [2.75, 3.05) is 30.8 Å². The van der Waals surface area contributed by atoms with Crippen LogP contribution in [0.3, 0.4) is 0 Å². The molecule has 2 aromatic rings. The molecule has 0 aliphatic carbocycles. The highest BCUT2D eigenvalue weighted by atomic mass is 32.2. The minimum absolute atomic E-state index is 0.113. The van der Waals surface area contributed by atoms with Gasteiger partial charge in [0.2, 0.25) is 21.8 Å². The summed E-state index contributed by atoms with van der Waals surface area (Å²) in [7, 11) is -2.01.